The smallest absolute Gasteiger partial charge is 0.164 e. The Morgan fingerprint density at radius 1 is 0.255 bits per heavy atom. The molecule has 0 saturated carbocycles. The normalized spacial score (nSPS) is 11.3. The third-order valence-corrected chi connectivity index (χ3v) is 10.9. The van der Waals surface area contributed by atoms with Crippen molar-refractivity contribution in [2.75, 3.05) is 0 Å². The van der Waals surface area contributed by atoms with Gasteiger partial charge in [0, 0.05) is 53.6 Å². The lowest BCUT2D eigenvalue weighted by Gasteiger charge is -2.10. The molecule has 0 amide bonds. The summed E-state index contributed by atoms with van der Waals surface area (Å²) in [6.07, 6.45) is 0. The van der Waals surface area contributed by atoms with Crippen molar-refractivity contribution in [1.82, 2.24) is 24.9 Å². The molecule has 10 aromatic rings. The van der Waals surface area contributed by atoms with Crippen LogP contribution >= 0.6 is 11.3 Å². The van der Waals surface area contributed by atoms with Crippen LogP contribution in [0.3, 0.4) is 0 Å². The maximum absolute atomic E-state index is 5.07. The highest BCUT2D eigenvalue weighted by Gasteiger charge is 2.16. The second-order valence-electron chi connectivity index (χ2n) is 13.3. The standard InChI is InChI=1S/C49H31N5S/c1-5-14-32(15-6-1)42-31-43(33-16-7-2-8-17-33)51-48(50-42)38-23-13-22-36(28-38)37-24-26-40-41-29-39(25-27-44(41)55-45(40)30-37)49-53-46(34-18-9-3-10-19-34)52-47(54-49)35-20-11-4-12-21-35/h1-31H. The van der Waals surface area contributed by atoms with E-state index < -0.39 is 0 Å². The van der Waals surface area contributed by atoms with E-state index in [4.69, 9.17) is 24.9 Å². The van der Waals surface area contributed by atoms with Crippen molar-refractivity contribution in [2.24, 2.45) is 0 Å². The average molecular weight is 722 g/mol. The van der Waals surface area contributed by atoms with Gasteiger partial charge in [-0.25, -0.2) is 24.9 Å². The molecule has 0 radical (unpaired) electrons. The van der Waals surface area contributed by atoms with Crippen LogP contribution in [0.5, 0.6) is 0 Å². The molecule has 0 spiro atoms. The summed E-state index contributed by atoms with van der Waals surface area (Å²) in [5.41, 5.74) is 9.98. The number of hydrogen-bond acceptors (Lipinski definition) is 6. The maximum Gasteiger partial charge on any atom is 0.164 e. The molecule has 0 saturated heterocycles. The summed E-state index contributed by atoms with van der Waals surface area (Å²) in [6.45, 7) is 0. The summed E-state index contributed by atoms with van der Waals surface area (Å²) in [5, 5.41) is 2.38. The lowest BCUT2D eigenvalue weighted by molar-refractivity contribution is 1.07. The van der Waals surface area contributed by atoms with E-state index in [-0.39, 0.29) is 0 Å². The van der Waals surface area contributed by atoms with Crippen LogP contribution in [0.2, 0.25) is 0 Å². The van der Waals surface area contributed by atoms with Crippen LogP contribution in [-0.2, 0) is 0 Å². The zero-order valence-electron chi connectivity index (χ0n) is 29.5. The first-order chi connectivity index (χ1) is 27.2. The number of aromatic nitrogens is 5. The van der Waals surface area contributed by atoms with Crippen LogP contribution in [0.1, 0.15) is 0 Å². The van der Waals surface area contributed by atoms with E-state index in [1.165, 1.54) is 20.2 Å². The van der Waals surface area contributed by atoms with Crippen molar-refractivity contribution in [1.29, 1.82) is 0 Å². The van der Waals surface area contributed by atoms with Crippen LogP contribution < -0.4 is 0 Å². The average Bonchev–Trinajstić information content (AvgIpc) is 3.64. The molecule has 55 heavy (non-hydrogen) atoms. The predicted molar refractivity (Wildman–Crippen MR) is 226 cm³/mol. The Bertz CT molecular complexity index is 2850. The molecule has 0 aliphatic heterocycles. The lowest BCUT2D eigenvalue weighted by Crippen LogP contribution is -2.00. The third kappa shape index (κ3) is 6.45. The van der Waals surface area contributed by atoms with Crippen molar-refractivity contribution in [3.8, 4) is 79.2 Å². The number of thiophene rings is 1. The van der Waals surface area contributed by atoms with Crippen molar-refractivity contribution in [2.45, 2.75) is 0 Å². The fraction of sp³-hybridized carbons (Fsp3) is 0. The van der Waals surface area contributed by atoms with Crippen molar-refractivity contribution < 1.29 is 0 Å². The van der Waals surface area contributed by atoms with E-state index in [9.17, 15) is 0 Å². The van der Waals surface area contributed by atoms with Gasteiger partial charge in [0.05, 0.1) is 11.4 Å². The number of benzene rings is 7. The van der Waals surface area contributed by atoms with Crippen LogP contribution in [-0.4, -0.2) is 24.9 Å². The second kappa shape index (κ2) is 14.0. The Morgan fingerprint density at radius 3 is 1.27 bits per heavy atom. The molecule has 10 rings (SSSR count). The molecule has 0 atom stereocenters. The first-order valence-corrected chi connectivity index (χ1v) is 19.0. The van der Waals surface area contributed by atoms with Gasteiger partial charge in [-0.15, -0.1) is 11.3 Å². The summed E-state index contributed by atoms with van der Waals surface area (Å²) in [7, 11) is 0. The quantitative estimate of drug-likeness (QED) is 0.164. The molecular weight excluding hydrogens is 691 g/mol. The van der Waals surface area contributed by atoms with Crippen LogP contribution in [0.4, 0.5) is 0 Å². The van der Waals surface area contributed by atoms with Crippen LogP contribution in [0.25, 0.3) is 99.4 Å². The monoisotopic (exact) mass is 721 g/mol. The minimum absolute atomic E-state index is 0.649. The largest absolute Gasteiger partial charge is 0.228 e. The highest BCUT2D eigenvalue weighted by molar-refractivity contribution is 7.25. The Morgan fingerprint density at radius 2 is 0.691 bits per heavy atom. The van der Waals surface area contributed by atoms with Crippen molar-refractivity contribution >= 4 is 31.5 Å². The van der Waals surface area contributed by atoms with Gasteiger partial charge in [0.1, 0.15) is 0 Å². The lowest BCUT2D eigenvalue weighted by atomic mass is 10.0. The molecule has 5 nitrogen and oxygen atoms in total. The Hall–Kier alpha value is -7.15. The zero-order valence-corrected chi connectivity index (χ0v) is 30.4. The van der Waals surface area contributed by atoms with Gasteiger partial charge in [0.15, 0.2) is 23.3 Å². The number of hydrogen-bond donors (Lipinski definition) is 0. The van der Waals surface area contributed by atoms with Crippen molar-refractivity contribution in [3.05, 3.63) is 188 Å². The van der Waals surface area contributed by atoms with Crippen LogP contribution in [0.15, 0.2) is 188 Å². The Labute approximate surface area is 322 Å². The number of fused-ring (bicyclic) bond motifs is 3. The highest BCUT2D eigenvalue weighted by Crippen LogP contribution is 2.39. The second-order valence-corrected chi connectivity index (χ2v) is 14.4. The van der Waals surface area contributed by atoms with Gasteiger partial charge in [0.2, 0.25) is 0 Å². The molecule has 6 heteroatoms. The number of nitrogens with zero attached hydrogens (tertiary/aromatic N) is 5. The summed E-state index contributed by atoms with van der Waals surface area (Å²) < 4.78 is 2.43. The maximum atomic E-state index is 5.07. The van der Waals surface area contributed by atoms with E-state index in [0.717, 1.165) is 55.9 Å². The third-order valence-electron chi connectivity index (χ3n) is 9.75. The van der Waals surface area contributed by atoms with Gasteiger partial charge in [-0.05, 0) is 47.5 Å². The Kier molecular flexibility index (Phi) is 8.28. The minimum Gasteiger partial charge on any atom is -0.228 e. The molecule has 3 heterocycles. The SMILES string of the molecule is c1ccc(-c2cc(-c3ccccc3)nc(-c3cccc(-c4ccc5c(c4)sc4ccc(-c6nc(-c7ccccc7)nc(-c7ccccc7)n6)cc45)c3)n2)cc1. The van der Waals surface area contributed by atoms with E-state index in [2.05, 4.69) is 91.0 Å². The van der Waals surface area contributed by atoms with Gasteiger partial charge in [-0.1, -0.05) is 152 Å². The summed E-state index contributed by atoms with van der Waals surface area (Å²) >= 11 is 1.80. The molecule has 7 aromatic carbocycles. The molecule has 0 N–H and O–H groups in total. The molecular formula is C49H31N5S. The van der Waals surface area contributed by atoms with E-state index in [1.54, 1.807) is 11.3 Å². The minimum atomic E-state index is 0.649. The van der Waals surface area contributed by atoms with Gasteiger partial charge in [-0.3, -0.25) is 0 Å². The molecule has 0 unspecified atom stereocenters. The summed E-state index contributed by atoms with van der Waals surface area (Å²) in [4.78, 5) is 25.0. The summed E-state index contributed by atoms with van der Waals surface area (Å²) in [6, 6.07) is 64.6. The Balaban J connectivity index is 1.03. The van der Waals surface area contributed by atoms with Gasteiger partial charge in [0.25, 0.3) is 0 Å². The fourth-order valence-electron chi connectivity index (χ4n) is 6.96. The number of rotatable bonds is 7. The molecule has 0 bridgehead atoms. The summed E-state index contributed by atoms with van der Waals surface area (Å²) in [5.74, 6) is 2.65. The van der Waals surface area contributed by atoms with Gasteiger partial charge < -0.3 is 0 Å². The molecule has 3 aromatic heterocycles. The van der Waals surface area contributed by atoms with Crippen LogP contribution in [0, 0.1) is 0 Å². The first kappa shape index (κ1) is 32.5. The van der Waals surface area contributed by atoms with E-state index in [1.807, 2.05) is 97.1 Å². The first-order valence-electron chi connectivity index (χ1n) is 18.2. The van der Waals surface area contributed by atoms with E-state index >= 15 is 0 Å². The molecule has 258 valence electrons. The van der Waals surface area contributed by atoms with E-state index in [0.29, 0.717) is 23.3 Å². The fourth-order valence-corrected chi connectivity index (χ4v) is 8.09. The molecule has 0 aliphatic carbocycles. The van der Waals surface area contributed by atoms with Gasteiger partial charge in [-0.2, -0.15) is 0 Å². The van der Waals surface area contributed by atoms with Gasteiger partial charge >= 0.3 is 0 Å². The zero-order chi connectivity index (χ0) is 36.6. The molecule has 0 aliphatic rings. The predicted octanol–water partition coefficient (Wildman–Crippen LogP) is 12.7. The molecule has 0 fully saturated rings. The highest BCUT2D eigenvalue weighted by atomic mass is 32.1. The van der Waals surface area contributed by atoms with Crippen molar-refractivity contribution in [3.63, 3.8) is 0 Å². The topological polar surface area (TPSA) is 64.5 Å².